The molecule has 0 aromatic heterocycles. The summed E-state index contributed by atoms with van der Waals surface area (Å²) in [6, 6.07) is 10.1. The Labute approximate surface area is 94.0 Å². The molecule has 1 aromatic carbocycles. The fourth-order valence-electron chi connectivity index (χ4n) is 2.66. The van der Waals surface area contributed by atoms with Gasteiger partial charge in [0.25, 0.3) is 0 Å². The van der Waals surface area contributed by atoms with Crippen LogP contribution in [0.15, 0.2) is 30.3 Å². The Morgan fingerprint density at radius 1 is 1.19 bits per heavy atom. The summed E-state index contributed by atoms with van der Waals surface area (Å²) < 4.78 is 0. The summed E-state index contributed by atoms with van der Waals surface area (Å²) in [4.78, 5) is 5.50. The molecule has 4 heteroatoms. The van der Waals surface area contributed by atoms with Gasteiger partial charge in [-0.05, 0) is 5.56 Å². The number of hydrogen-bond acceptors (Lipinski definition) is 4. The van der Waals surface area contributed by atoms with Crippen LogP contribution in [-0.4, -0.2) is 40.6 Å². The number of nitrogens with zero attached hydrogens (tertiary/aromatic N) is 1. The van der Waals surface area contributed by atoms with Crippen molar-refractivity contribution in [3.63, 3.8) is 0 Å². The Bertz CT molecular complexity index is 370. The van der Waals surface area contributed by atoms with E-state index in [2.05, 4.69) is 0 Å². The normalized spacial score (nSPS) is 42.2. The lowest BCUT2D eigenvalue weighted by Crippen LogP contribution is -2.48. The Kier molecular flexibility index (Phi) is 2.44. The average Bonchev–Trinajstić information content (AvgIpc) is 2.66. The minimum atomic E-state index is -0.701. The van der Waals surface area contributed by atoms with Crippen LogP contribution >= 0.6 is 0 Å². The van der Waals surface area contributed by atoms with Gasteiger partial charge in [0.15, 0.2) is 0 Å². The van der Waals surface area contributed by atoms with Crippen LogP contribution in [0.25, 0.3) is 0 Å². The SMILES string of the molecule is O[C@H]1[C@H]2CON(C[C@H]1O)[C@@H]2c1ccccc1. The summed E-state index contributed by atoms with van der Waals surface area (Å²) in [5.41, 5.74) is 1.14. The van der Waals surface area contributed by atoms with Gasteiger partial charge >= 0.3 is 0 Å². The van der Waals surface area contributed by atoms with Crippen LogP contribution in [0.4, 0.5) is 0 Å². The Hall–Kier alpha value is -0.940. The molecule has 2 aliphatic heterocycles. The summed E-state index contributed by atoms with van der Waals surface area (Å²) in [6.07, 6.45) is -1.39. The van der Waals surface area contributed by atoms with Gasteiger partial charge < -0.3 is 10.2 Å². The number of benzene rings is 1. The fraction of sp³-hybridized carbons (Fsp3) is 0.500. The molecule has 16 heavy (non-hydrogen) atoms. The van der Waals surface area contributed by atoms with Gasteiger partial charge in [-0.2, -0.15) is 5.06 Å². The third kappa shape index (κ3) is 1.46. The van der Waals surface area contributed by atoms with Crippen molar-refractivity contribution in [3.05, 3.63) is 35.9 Å². The molecule has 0 radical (unpaired) electrons. The third-order valence-corrected chi connectivity index (χ3v) is 3.49. The van der Waals surface area contributed by atoms with Gasteiger partial charge in [-0.25, -0.2) is 0 Å². The van der Waals surface area contributed by atoms with E-state index in [0.29, 0.717) is 13.2 Å². The highest BCUT2D eigenvalue weighted by molar-refractivity contribution is 5.22. The van der Waals surface area contributed by atoms with E-state index in [1.807, 2.05) is 30.3 Å². The molecule has 0 saturated carbocycles. The molecule has 0 spiro atoms. The highest BCUT2D eigenvalue weighted by Gasteiger charge is 2.48. The smallest absolute Gasteiger partial charge is 0.0953 e. The van der Waals surface area contributed by atoms with Crippen LogP contribution in [-0.2, 0) is 4.84 Å². The summed E-state index contributed by atoms with van der Waals surface area (Å²) in [7, 11) is 0. The summed E-state index contributed by atoms with van der Waals surface area (Å²) in [5.74, 6) is -0.0360. The Morgan fingerprint density at radius 2 is 1.94 bits per heavy atom. The third-order valence-electron chi connectivity index (χ3n) is 3.49. The second-order valence-corrected chi connectivity index (χ2v) is 4.47. The highest BCUT2D eigenvalue weighted by Crippen LogP contribution is 2.41. The van der Waals surface area contributed by atoms with E-state index in [1.165, 1.54) is 0 Å². The standard InChI is InChI=1S/C12H15NO3/c14-10-6-13-11(8-4-2-1-3-5-8)9(7-16-13)12(10)15/h1-5,9-12,14-15H,6-7H2/t9-,10+,11+,12-/m0/s1. The van der Waals surface area contributed by atoms with Crippen molar-refractivity contribution in [2.75, 3.05) is 13.2 Å². The Morgan fingerprint density at radius 3 is 2.69 bits per heavy atom. The van der Waals surface area contributed by atoms with Crippen molar-refractivity contribution >= 4 is 0 Å². The van der Waals surface area contributed by atoms with Crippen LogP contribution in [0.2, 0.25) is 0 Å². The minimum Gasteiger partial charge on any atom is -0.390 e. The van der Waals surface area contributed by atoms with E-state index >= 15 is 0 Å². The first kappa shape index (κ1) is 10.2. The maximum Gasteiger partial charge on any atom is 0.0953 e. The number of aliphatic hydroxyl groups is 2. The monoisotopic (exact) mass is 221 g/mol. The van der Waals surface area contributed by atoms with E-state index < -0.39 is 12.2 Å². The quantitative estimate of drug-likeness (QED) is 0.717. The molecule has 86 valence electrons. The van der Waals surface area contributed by atoms with Gasteiger partial charge in [0.05, 0.1) is 31.4 Å². The van der Waals surface area contributed by atoms with Gasteiger partial charge in [0.1, 0.15) is 0 Å². The number of piperidine rings is 1. The van der Waals surface area contributed by atoms with E-state index in [1.54, 1.807) is 5.06 Å². The zero-order valence-electron chi connectivity index (χ0n) is 8.86. The summed E-state index contributed by atoms with van der Waals surface area (Å²) in [6.45, 7) is 0.856. The van der Waals surface area contributed by atoms with Gasteiger partial charge in [0.2, 0.25) is 0 Å². The molecule has 0 amide bonds. The van der Waals surface area contributed by atoms with Gasteiger partial charge in [0, 0.05) is 5.92 Å². The fourth-order valence-corrected chi connectivity index (χ4v) is 2.66. The topological polar surface area (TPSA) is 52.9 Å². The highest BCUT2D eigenvalue weighted by atomic mass is 16.7. The molecule has 5 atom stereocenters. The minimum absolute atomic E-state index is 0.0360. The van der Waals surface area contributed by atoms with Crippen molar-refractivity contribution in [1.29, 1.82) is 0 Å². The number of hydroxylamine groups is 2. The van der Waals surface area contributed by atoms with Crippen LogP contribution < -0.4 is 0 Å². The van der Waals surface area contributed by atoms with Crippen LogP contribution in [0.1, 0.15) is 11.6 Å². The predicted molar refractivity (Wildman–Crippen MR) is 57.3 cm³/mol. The van der Waals surface area contributed by atoms with E-state index in [-0.39, 0.29) is 12.0 Å². The van der Waals surface area contributed by atoms with Crippen molar-refractivity contribution in [2.24, 2.45) is 5.92 Å². The van der Waals surface area contributed by atoms with Crippen molar-refractivity contribution in [3.8, 4) is 0 Å². The first-order valence-electron chi connectivity index (χ1n) is 5.58. The van der Waals surface area contributed by atoms with Crippen molar-refractivity contribution < 1.29 is 15.1 Å². The Balaban J connectivity index is 1.93. The first-order chi connectivity index (χ1) is 7.77. The zero-order chi connectivity index (χ0) is 11.1. The predicted octanol–water partition coefficient (Wildman–Crippen LogP) is 0.326. The molecule has 3 rings (SSSR count). The molecule has 0 aliphatic carbocycles. The second-order valence-electron chi connectivity index (χ2n) is 4.47. The maximum absolute atomic E-state index is 9.94. The largest absolute Gasteiger partial charge is 0.390 e. The molecule has 2 fully saturated rings. The van der Waals surface area contributed by atoms with E-state index in [0.717, 1.165) is 5.56 Å². The number of rotatable bonds is 1. The summed E-state index contributed by atoms with van der Waals surface area (Å²) in [5, 5.41) is 21.4. The first-order valence-corrected chi connectivity index (χ1v) is 5.58. The molecule has 4 nitrogen and oxygen atoms in total. The van der Waals surface area contributed by atoms with Gasteiger partial charge in [-0.1, -0.05) is 30.3 Å². The summed E-state index contributed by atoms with van der Waals surface area (Å²) >= 11 is 0. The molecule has 2 heterocycles. The van der Waals surface area contributed by atoms with Gasteiger partial charge in [-0.15, -0.1) is 0 Å². The van der Waals surface area contributed by atoms with Crippen LogP contribution in [0.5, 0.6) is 0 Å². The second kappa shape index (κ2) is 3.82. The lowest BCUT2D eigenvalue weighted by Gasteiger charge is -2.36. The molecule has 1 aromatic rings. The molecule has 1 unspecified atom stereocenters. The molecule has 2 bridgehead atoms. The molecule has 2 aliphatic rings. The van der Waals surface area contributed by atoms with Crippen molar-refractivity contribution in [2.45, 2.75) is 18.2 Å². The van der Waals surface area contributed by atoms with Gasteiger partial charge in [-0.3, -0.25) is 4.84 Å². The molecular weight excluding hydrogens is 206 g/mol. The molecule has 2 saturated heterocycles. The average molecular weight is 221 g/mol. The van der Waals surface area contributed by atoms with Crippen LogP contribution in [0, 0.1) is 5.92 Å². The van der Waals surface area contributed by atoms with Crippen molar-refractivity contribution in [1.82, 2.24) is 5.06 Å². The lowest BCUT2D eigenvalue weighted by atomic mass is 9.84. The maximum atomic E-state index is 9.94. The molecule has 2 N–H and O–H groups in total. The number of aliphatic hydroxyl groups excluding tert-OH is 2. The number of fused-ring (bicyclic) bond motifs is 2. The van der Waals surface area contributed by atoms with E-state index in [9.17, 15) is 10.2 Å². The molecular formula is C12H15NO3. The lowest BCUT2D eigenvalue weighted by molar-refractivity contribution is -0.169. The van der Waals surface area contributed by atoms with E-state index in [4.69, 9.17) is 4.84 Å². The van der Waals surface area contributed by atoms with Crippen LogP contribution in [0.3, 0.4) is 0 Å². The zero-order valence-corrected chi connectivity index (χ0v) is 8.86. The number of hydrogen-bond donors (Lipinski definition) is 2.